The Morgan fingerprint density at radius 1 is 1.36 bits per heavy atom. The second-order valence-electron chi connectivity index (χ2n) is 4.13. The van der Waals surface area contributed by atoms with Crippen molar-refractivity contribution in [3.8, 4) is 0 Å². The van der Waals surface area contributed by atoms with Crippen LogP contribution in [0.2, 0.25) is 0 Å². The van der Waals surface area contributed by atoms with Gasteiger partial charge in [-0.2, -0.15) is 0 Å². The first-order valence-electron chi connectivity index (χ1n) is 5.70. The molecule has 0 atom stereocenters. The lowest BCUT2D eigenvalue weighted by atomic mass is 9.95. The maximum Gasteiger partial charge on any atom is 0.157 e. The summed E-state index contributed by atoms with van der Waals surface area (Å²) in [7, 11) is 0. The van der Waals surface area contributed by atoms with Crippen LogP contribution in [-0.2, 0) is 4.79 Å². The third-order valence-corrected chi connectivity index (χ3v) is 2.76. The van der Waals surface area contributed by atoms with E-state index in [4.69, 9.17) is 0 Å². The number of nitrogens with one attached hydrogen (secondary N) is 1. The van der Waals surface area contributed by atoms with Crippen molar-refractivity contribution in [3.63, 3.8) is 0 Å². The van der Waals surface area contributed by atoms with E-state index in [9.17, 15) is 4.79 Å². The van der Waals surface area contributed by atoms with E-state index in [0.29, 0.717) is 12.5 Å². The van der Waals surface area contributed by atoms with Crippen LogP contribution in [0.3, 0.4) is 0 Å². The van der Waals surface area contributed by atoms with Crippen molar-refractivity contribution in [2.75, 3.05) is 0 Å². The van der Waals surface area contributed by atoms with Crippen LogP contribution in [0.15, 0.2) is 11.8 Å². The molecule has 0 aromatic heterocycles. The first kappa shape index (κ1) is 11.3. The second kappa shape index (κ2) is 5.84. The van der Waals surface area contributed by atoms with Crippen molar-refractivity contribution in [2.24, 2.45) is 0 Å². The first-order chi connectivity index (χ1) is 6.72. The molecule has 0 bridgehead atoms. The lowest BCUT2D eigenvalue weighted by molar-refractivity contribution is -0.114. The molecular formula is C12H21NO. The van der Waals surface area contributed by atoms with Gasteiger partial charge in [0.15, 0.2) is 5.78 Å². The molecule has 1 rings (SSSR count). The van der Waals surface area contributed by atoms with Gasteiger partial charge in [-0.1, -0.05) is 26.2 Å². The highest BCUT2D eigenvalue weighted by molar-refractivity contribution is 5.89. The lowest BCUT2D eigenvalue weighted by Crippen LogP contribution is -2.29. The summed E-state index contributed by atoms with van der Waals surface area (Å²) in [6, 6.07) is 0.602. The minimum Gasteiger partial charge on any atom is -0.386 e. The number of ketones is 1. The normalized spacial score (nSPS) is 19.4. The van der Waals surface area contributed by atoms with E-state index < -0.39 is 0 Å². The average molecular weight is 195 g/mol. The Kier molecular flexibility index (Phi) is 4.71. The van der Waals surface area contributed by atoms with Crippen LogP contribution in [-0.4, -0.2) is 11.8 Å². The van der Waals surface area contributed by atoms with Gasteiger partial charge in [-0.15, -0.1) is 0 Å². The molecule has 80 valence electrons. The highest BCUT2D eigenvalue weighted by atomic mass is 16.1. The smallest absolute Gasteiger partial charge is 0.157 e. The number of allylic oxidation sites excluding steroid dienone is 2. The highest BCUT2D eigenvalue weighted by Gasteiger charge is 2.12. The molecule has 0 aromatic rings. The molecule has 0 aromatic carbocycles. The molecule has 0 radical (unpaired) electrons. The molecule has 0 spiro atoms. The summed E-state index contributed by atoms with van der Waals surface area (Å²) in [4.78, 5) is 11.1. The van der Waals surface area contributed by atoms with E-state index in [1.807, 2.05) is 13.8 Å². The van der Waals surface area contributed by atoms with Crippen LogP contribution in [0.5, 0.6) is 0 Å². The zero-order valence-corrected chi connectivity index (χ0v) is 9.31. The van der Waals surface area contributed by atoms with Gasteiger partial charge in [-0.3, -0.25) is 4.79 Å². The SMILES string of the molecule is CCC(=O)/C=C(\C)NC1CCCCC1. The zero-order chi connectivity index (χ0) is 10.4. The predicted octanol–water partition coefficient (Wildman–Crippen LogP) is 2.79. The van der Waals surface area contributed by atoms with Gasteiger partial charge in [0.25, 0.3) is 0 Å². The summed E-state index contributed by atoms with van der Waals surface area (Å²) in [5.74, 6) is 0.214. The van der Waals surface area contributed by atoms with Gasteiger partial charge in [0.05, 0.1) is 0 Å². The lowest BCUT2D eigenvalue weighted by Gasteiger charge is -2.24. The van der Waals surface area contributed by atoms with Crippen molar-refractivity contribution in [1.29, 1.82) is 0 Å². The molecule has 0 aliphatic heterocycles. The van der Waals surface area contributed by atoms with Crippen LogP contribution in [0.1, 0.15) is 52.4 Å². The number of hydrogen-bond donors (Lipinski definition) is 1. The Bertz CT molecular complexity index is 214. The Labute approximate surface area is 86.8 Å². The van der Waals surface area contributed by atoms with Gasteiger partial charge < -0.3 is 5.32 Å². The molecular weight excluding hydrogens is 174 g/mol. The first-order valence-corrected chi connectivity index (χ1v) is 5.70. The molecule has 1 aliphatic rings. The predicted molar refractivity (Wildman–Crippen MR) is 59.1 cm³/mol. The van der Waals surface area contributed by atoms with Crippen LogP contribution in [0.25, 0.3) is 0 Å². The maximum atomic E-state index is 11.1. The van der Waals surface area contributed by atoms with E-state index in [-0.39, 0.29) is 5.78 Å². The van der Waals surface area contributed by atoms with E-state index in [0.717, 1.165) is 5.70 Å². The van der Waals surface area contributed by atoms with Crippen LogP contribution >= 0.6 is 0 Å². The van der Waals surface area contributed by atoms with Gasteiger partial charge >= 0.3 is 0 Å². The summed E-state index contributed by atoms with van der Waals surface area (Å²) in [5, 5.41) is 3.42. The fourth-order valence-electron chi connectivity index (χ4n) is 1.95. The van der Waals surface area contributed by atoms with Gasteiger partial charge in [-0.25, -0.2) is 0 Å². The molecule has 1 fully saturated rings. The molecule has 1 aliphatic carbocycles. The summed E-state index contributed by atoms with van der Waals surface area (Å²) < 4.78 is 0. The van der Waals surface area contributed by atoms with Gasteiger partial charge in [0, 0.05) is 18.2 Å². The van der Waals surface area contributed by atoms with Gasteiger partial charge in [0.2, 0.25) is 0 Å². The monoisotopic (exact) mass is 195 g/mol. The molecule has 2 nitrogen and oxygen atoms in total. The van der Waals surface area contributed by atoms with Crippen molar-refractivity contribution < 1.29 is 4.79 Å². The molecule has 0 unspecified atom stereocenters. The number of hydrogen-bond acceptors (Lipinski definition) is 2. The fraction of sp³-hybridized carbons (Fsp3) is 0.750. The molecule has 0 saturated heterocycles. The summed E-state index contributed by atoms with van der Waals surface area (Å²) in [6.07, 6.45) is 8.86. The maximum absolute atomic E-state index is 11.1. The zero-order valence-electron chi connectivity index (χ0n) is 9.31. The largest absolute Gasteiger partial charge is 0.386 e. The van der Waals surface area contributed by atoms with E-state index in [2.05, 4.69) is 5.32 Å². The van der Waals surface area contributed by atoms with Crippen molar-refractivity contribution >= 4 is 5.78 Å². The van der Waals surface area contributed by atoms with Gasteiger partial charge in [-0.05, 0) is 25.8 Å². The topological polar surface area (TPSA) is 29.1 Å². The highest BCUT2D eigenvalue weighted by Crippen LogP contribution is 2.18. The average Bonchev–Trinajstić information content (AvgIpc) is 2.19. The molecule has 0 heterocycles. The summed E-state index contributed by atoms with van der Waals surface area (Å²) in [6.45, 7) is 3.88. The third kappa shape index (κ3) is 3.95. The molecule has 1 saturated carbocycles. The van der Waals surface area contributed by atoms with Gasteiger partial charge in [0.1, 0.15) is 0 Å². The standard InChI is InChI=1S/C12H21NO/c1-3-12(14)9-10(2)13-11-7-5-4-6-8-11/h9,11,13H,3-8H2,1-2H3/b10-9+. The minimum absolute atomic E-state index is 0.214. The van der Waals surface area contributed by atoms with E-state index in [1.165, 1.54) is 32.1 Å². The molecule has 1 N–H and O–H groups in total. The number of carbonyl (C=O) groups excluding carboxylic acids is 1. The van der Waals surface area contributed by atoms with E-state index in [1.54, 1.807) is 6.08 Å². The quantitative estimate of drug-likeness (QED) is 0.699. The van der Waals surface area contributed by atoms with Crippen molar-refractivity contribution in [3.05, 3.63) is 11.8 Å². The summed E-state index contributed by atoms with van der Waals surface area (Å²) >= 11 is 0. The van der Waals surface area contributed by atoms with Crippen molar-refractivity contribution in [1.82, 2.24) is 5.32 Å². The number of rotatable bonds is 4. The van der Waals surface area contributed by atoms with Crippen LogP contribution < -0.4 is 5.32 Å². The van der Waals surface area contributed by atoms with E-state index >= 15 is 0 Å². The molecule has 0 amide bonds. The van der Waals surface area contributed by atoms with Crippen LogP contribution in [0.4, 0.5) is 0 Å². The minimum atomic E-state index is 0.214. The third-order valence-electron chi connectivity index (χ3n) is 2.76. The van der Waals surface area contributed by atoms with Crippen LogP contribution in [0, 0.1) is 0 Å². The molecule has 14 heavy (non-hydrogen) atoms. The fourth-order valence-corrected chi connectivity index (χ4v) is 1.95. The summed E-state index contributed by atoms with van der Waals surface area (Å²) in [5.41, 5.74) is 1.03. The molecule has 2 heteroatoms. The Balaban J connectivity index is 2.34. The second-order valence-corrected chi connectivity index (χ2v) is 4.13. The Morgan fingerprint density at radius 2 is 2.00 bits per heavy atom. The number of carbonyl (C=O) groups is 1. The van der Waals surface area contributed by atoms with Crippen molar-refractivity contribution in [2.45, 2.75) is 58.4 Å². The Hall–Kier alpha value is -0.790. The Morgan fingerprint density at radius 3 is 2.57 bits per heavy atom.